The Morgan fingerprint density at radius 1 is 0.952 bits per heavy atom. The number of methoxy groups -OCH3 is 2. The summed E-state index contributed by atoms with van der Waals surface area (Å²) in [5, 5.41) is 3.44. The summed E-state index contributed by atoms with van der Waals surface area (Å²) >= 11 is 0. The van der Waals surface area contributed by atoms with E-state index in [1.807, 2.05) is 18.2 Å². The first-order valence-electron chi connectivity index (χ1n) is 7.19. The van der Waals surface area contributed by atoms with Crippen molar-refractivity contribution in [3.63, 3.8) is 0 Å². The van der Waals surface area contributed by atoms with Crippen LogP contribution in [-0.2, 0) is 6.54 Å². The van der Waals surface area contributed by atoms with Crippen LogP contribution in [-0.4, -0.2) is 20.3 Å². The van der Waals surface area contributed by atoms with E-state index in [0.717, 1.165) is 29.2 Å². The van der Waals surface area contributed by atoms with Crippen LogP contribution in [0.1, 0.15) is 19.4 Å². The van der Waals surface area contributed by atoms with Crippen LogP contribution in [0.4, 0.5) is 0 Å². The third kappa shape index (κ3) is 3.76. The summed E-state index contributed by atoms with van der Waals surface area (Å²) < 4.78 is 11.0. The van der Waals surface area contributed by atoms with Gasteiger partial charge >= 0.3 is 0 Å². The predicted molar refractivity (Wildman–Crippen MR) is 87.0 cm³/mol. The first-order valence-corrected chi connectivity index (χ1v) is 7.19. The molecule has 2 aromatic carbocycles. The van der Waals surface area contributed by atoms with Gasteiger partial charge in [0.2, 0.25) is 0 Å². The van der Waals surface area contributed by atoms with E-state index in [0.29, 0.717) is 6.04 Å². The normalized spacial score (nSPS) is 10.7. The fraction of sp³-hybridized carbons (Fsp3) is 0.333. The molecule has 2 aromatic rings. The molecule has 0 saturated heterocycles. The van der Waals surface area contributed by atoms with Crippen LogP contribution >= 0.6 is 0 Å². The number of hydrogen-bond acceptors (Lipinski definition) is 3. The van der Waals surface area contributed by atoms with Gasteiger partial charge in [-0.15, -0.1) is 0 Å². The maximum atomic E-state index is 5.48. The van der Waals surface area contributed by atoms with Gasteiger partial charge in [-0.3, -0.25) is 0 Å². The van der Waals surface area contributed by atoms with E-state index in [2.05, 4.69) is 43.4 Å². The van der Waals surface area contributed by atoms with Crippen molar-refractivity contribution in [1.82, 2.24) is 5.32 Å². The Morgan fingerprint density at radius 2 is 1.57 bits per heavy atom. The molecule has 0 aliphatic carbocycles. The monoisotopic (exact) mass is 285 g/mol. The molecule has 0 fully saturated rings. The third-order valence-corrected chi connectivity index (χ3v) is 3.36. The van der Waals surface area contributed by atoms with E-state index in [-0.39, 0.29) is 0 Å². The number of hydrogen-bond donors (Lipinski definition) is 1. The molecule has 0 aliphatic rings. The fourth-order valence-electron chi connectivity index (χ4n) is 2.29. The zero-order chi connectivity index (χ0) is 15.2. The minimum absolute atomic E-state index is 0.467. The number of benzene rings is 2. The molecular formula is C18H23NO2. The van der Waals surface area contributed by atoms with Crippen LogP contribution in [0.25, 0.3) is 11.1 Å². The van der Waals surface area contributed by atoms with Crippen molar-refractivity contribution >= 4 is 0 Å². The summed E-state index contributed by atoms with van der Waals surface area (Å²) in [5.41, 5.74) is 3.34. The molecule has 0 saturated carbocycles. The zero-order valence-corrected chi connectivity index (χ0v) is 13.1. The van der Waals surface area contributed by atoms with Gasteiger partial charge in [0, 0.05) is 12.6 Å². The Hall–Kier alpha value is -2.00. The van der Waals surface area contributed by atoms with E-state index in [9.17, 15) is 0 Å². The van der Waals surface area contributed by atoms with E-state index in [1.54, 1.807) is 14.2 Å². The summed E-state index contributed by atoms with van der Waals surface area (Å²) in [6, 6.07) is 14.8. The molecular weight excluding hydrogens is 262 g/mol. The molecule has 0 radical (unpaired) electrons. The molecule has 3 heteroatoms. The van der Waals surface area contributed by atoms with Gasteiger partial charge < -0.3 is 14.8 Å². The third-order valence-electron chi connectivity index (χ3n) is 3.36. The maximum Gasteiger partial charge on any atom is 0.130 e. The van der Waals surface area contributed by atoms with Crippen molar-refractivity contribution in [2.75, 3.05) is 14.2 Å². The van der Waals surface area contributed by atoms with Gasteiger partial charge in [-0.1, -0.05) is 38.1 Å². The average Bonchev–Trinajstić information content (AvgIpc) is 2.52. The molecule has 1 N–H and O–H groups in total. The summed E-state index contributed by atoms with van der Waals surface area (Å²) in [4.78, 5) is 0. The molecule has 0 bridgehead atoms. The number of nitrogens with one attached hydrogen (secondary N) is 1. The standard InChI is InChI=1S/C18H23NO2/c1-13(2)19-12-14-7-5-8-15(11-14)18-16(20-3)9-6-10-17(18)21-4/h5-11,13,19H,12H2,1-4H3. The van der Waals surface area contributed by atoms with E-state index >= 15 is 0 Å². The molecule has 0 amide bonds. The Labute approximate surface area is 126 Å². The lowest BCUT2D eigenvalue weighted by Gasteiger charge is -2.14. The number of rotatable bonds is 6. The quantitative estimate of drug-likeness (QED) is 0.874. The minimum Gasteiger partial charge on any atom is -0.496 e. The van der Waals surface area contributed by atoms with E-state index < -0.39 is 0 Å². The molecule has 0 heterocycles. The van der Waals surface area contributed by atoms with Gasteiger partial charge in [-0.05, 0) is 29.3 Å². The first kappa shape index (κ1) is 15.4. The molecule has 2 rings (SSSR count). The van der Waals surface area contributed by atoms with Crippen molar-refractivity contribution in [1.29, 1.82) is 0 Å². The molecule has 0 unspecified atom stereocenters. The lowest BCUT2D eigenvalue weighted by molar-refractivity contribution is 0.397. The first-order chi connectivity index (χ1) is 10.2. The van der Waals surface area contributed by atoms with Crippen LogP contribution in [0.5, 0.6) is 11.5 Å². The van der Waals surface area contributed by atoms with Gasteiger partial charge in [-0.25, -0.2) is 0 Å². The van der Waals surface area contributed by atoms with Crippen molar-refractivity contribution in [2.24, 2.45) is 0 Å². The van der Waals surface area contributed by atoms with Gasteiger partial charge in [0.25, 0.3) is 0 Å². The summed E-state index contributed by atoms with van der Waals surface area (Å²) in [7, 11) is 3.37. The lowest BCUT2D eigenvalue weighted by Crippen LogP contribution is -2.21. The molecule has 0 aromatic heterocycles. The molecule has 21 heavy (non-hydrogen) atoms. The van der Waals surface area contributed by atoms with Crippen molar-refractivity contribution in [2.45, 2.75) is 26.4 Å². The zero-order valence-electron chi connectivity index (χ0n) is 13.1. The molecule has 112 valence electrons. The Kier molecular flexibility index (Phi) is 5.23. The van der Waals surface area contributed by atoms with Gasteiger partial charge in [-0.2, -0.15) is 0 Å². The second-order valence-electron chi connectivity index (χ2n) is 5.27. The summed E-state index contributed by atoms with van der Waals surface area (Å²) in [5.74, 6) is 1.65. The van der Waals surface area contributed by atoms with Crippen molar-refractivity contribution in [3.8, 4) is 22.6 Å². The van der Waals surface area contributed by atoms with Crippen LogP contribution < -0.4 is 14.8 Å². The fourth-order valence-corrected chi connectivity index (χ4v) is 2.29. The van der Waals surface area contributed by atoms with Crippen LogP contribution in [0.3, 0.4) is 0 Å². The molecule has 0 spiro atoms. The highest BCUT2D eigenvalue weighted by Crippen LogP contribution is 2.38. The average molecular weight is 285 g/mol. The molecule has 0 aliphatic heterocycles. The van der Waals surface area contributed by atoms with Crippen molar-refractivity contribution < 1.29 is 9.47 Å². The smallest absolute Gasteiger partial charge is 0.130 e. The Morgan fingerprint density at radius 3 is 2.14 bits per heavy atom. The lowest BCUT2D eigenvalue weighted by atomic mass is 10.0. The summed E-state index contributed by atoms with van der Waals surface area (Å²) in [6.07, 6.45) is 0. The van der Waals surface area contributed by atoms with Crippen molar-refractivity contribution in [3.05, 3.63) is 48.0 Å². The highest BCUT2D eigenvalue weighted by atomic mass is 16.5. The highest BCUT2D eigenvalue weighted by Gasteiger charge is 2.12. The largest absolute Gasteiger partial charge is 0.496 e. The van der Waals surface area contributed by atoms with E-state index in [4.69, 9.17) is 9.47 Å². The topological polar surface area (TPSA) is 30.5 Å². The minimum atomic E-state index is 0.467. The van der Waals surface area contributed by atoms with Gasteiger partial charge in [0.1, 0.15) is 11.5 Å². The summed E-state index contributed by atoms with van der Waals surface area (Å²) in [6.45, 7) is 5.14. The second kappa shape index (κ2) is 7.14. The van der Waals surface area contributed by atoms with E-state index in [1.165, 1.54) is 5.56 Å². The molecule has 3 nitrogen and oxygen atoms in total. The Bertz CT molecular complexity index is 571. The van der Waals surface area contributed by atoms with Crippen LogP contribution in [0.15, 0.2) is 42.5 Å². The van der Waals surface area contributed by atoms with Gasteiger partial charge in [0.05, 0.1) is 19.8 Å². The van der Waals surface area contributed by atoms with Gasteiger partial charge in [0.15, 0.2) is 0 Å². The van der Waals surface area contributed by atoms with Crippen LogP contribution in [0, 0.1) is 0 Å². The predicted octanol–water partition coefficient (Wildman–Crippen LogP) is 3.87. The Balaban J connectivity index is 2.40. The second-order valence-corrected chi connectivity index (χ2v) is 5.27. The maximum absolute atomic E-state index is 5.48. The SMILES string of the molecule is COc1cccc(OC)c1-c1cccc(CNC(C)C)c1. The van der Waals surface area contributed by atoms with Crippen LogP contribution in [0.2, 0.25) is 0 Å². The molecule has 0 atom stereocenters. The highest BCUT2D eigenvalue weighted by molar-refractivity contribution is 5.77. The number of ether oxygens (including phenoxy) is 2.